The van der Waals surface area contributed by atoms with Crippen LogP contribution >= 0.6 is 0 Å². The standard InChI is InChI=1S/C15H20N4O2/c1-15(2,3)21-14(20)17-10-5-4-7-12-8-6-9-13(11-12)18-19-16/h4,6-9,11H,5,10H2,1-3H3,(H,17,20). The van der Waals surface area contributed by atoms with Gasteiger partial charge in [0.15, 0.2) is 0 Å². The summed E-state index contributed by atoms with van der Waals surface area (Å²) < 4.78 is 5.12. The minimum Gasteiger partial charge on any atom is -0.444 e. The summed E-state index contributed by atoms with van der Waals surface area (Å²) in [5.41, 5.74) is 9.41. The van der Waals surface area contributed by atoms with E-state index in [1.165, 1.54) is 0 Å². The van der Waals surface area contributed by atoms with E-state index in [4.69, 9.17) is 10.3 Å². The molecule has 6 heteroatoms. The minimum atomic E-state index is -0.485. The molecular formula is C15H20N4O2. The van der Waals surface area contributed by atoms with E-state index >= 15 is 0 Å². The lowest BCUT2D eigenvalue weighted by Crippen LogP contribution is -2.32. The molecule has 0 fully saturated rings. The number of benzene rings is 1. The quantitative estimate of drug-likeness (QED) is 0.372. The second-order valence-electron chi connectivity index (χ2n) is 5.40. The zero-order valence-corrected chi connectivity index (χ0v) is 12.5. The monoisotopic (exact) mass is 288 g/mol. The number of amides is 1. The molecule has 6 nitrogen and oxygen atoms in total. The zero-order chi connectivity index (χ0) is 15.7. The van der Waals surface area contributed by atoms with Crippen molar-refractivity contribution in [1.82, 2.24) is 5.32 Å². The van der Waals surface area contributed by atoms with E-state index in [0.717, 1.165) is 5.56 Å². The Morgan fingerprint density at radius 1 is 1.48 bits per heavy atom. The van der Waals surface area contributed by atoms with Crippen LogP contribution in [0, 0.1) is 0 Å². The highest BCUT2D eigenvalue weighted by Gasteiger charge is 2.14. The van der Waals surface area contributed by atoms with Gasteiger partial charge in [-0.2, -0.15) is 0 Å². The van der Waals surface area contributed by atoms with Crippen molar-refractivity contribution in [2.75, 3.05) is 6.54 Å². The van der Waals surface area contributed by atoms with Crippen molar-refractivity contribution in [3.63, 3.8) is 0 Å². The third-order valence-electron chi connectivity index (χ3n) is 2.32. The summed E-state index contributed by atoms with van der Waals surface area (Å²) in [4.78, 5) is 14.1. The summed E-state index contributed by atoms with van der Waals surface area (Å²) in [7, 11) is 0. The Labute approximate surface area is 124 Å². The van der Waals surface area contributed by atoms with Crippen LogP contribution in [-0.4, -0.2) is 18.2 Å². The number of carbonyl (C=O) groups excluding carboxylic acids is 1. The number of alkyl carbamates (subject to hydrolysis) is 1. The van der Waals surface area contributed by atoms with E-state index in [2.05, 4.69) is 15.3 Å². The summed E-state index contributed by atoms with van der Waals surface area (Å²) in [6, 6.07) is 7.26. The van der Waals surface area contributed by atoms with Crippen molar-refractivity contribution in [2.24, 2.45) is 5.11 Å². The lowest BCUT2D eigenvalue weighted by molar-refractivity contribution is 0.0529. The molecule has 0 aromatic heterocycles. The van der Waals surface area contributed by atoms with E-state index in [-0.39, 0.29) is 0 Å². The van der Waals surface area contributed by atoms with Gasteiger partial charge in [-0.25, -0.2) is 4.79 Å². The molecule has 0 saturated carbocycles. The SMILES string of the molecule is CC(C)(C)OC(=O)NCCC=Cc1cccc(N=[N+]=[N-])c1. The molecule has 1 rings (SSSR count). The molecule has 1 amide bonds. The first-order chi connectivity index (χ1) is 9.90. The first-order valence-corrected chi connectivity index (χ1v) is 6.69. The van der Waals surface area contributed by atoms with Crippen molar-refractivity contribution in [3.05, 3.63) is 46.3 Å². The lowest BCUT2D eigenvalue weighted by atomic mass is 10.2. The maximum atomic E-state index is 11.4. The molecule has 0 aliphatic carbocycles. The minimum absolute atomic E-state index is 0.416. The average Bonchev–Trinajstić information content (AvgIpc) is 2.37. The van der Waals surface area contributed by atoms with E-state index in [1.54, 1.807) is 12.1 Å². The van der Waals surface area contributed by atoms with Gasteiger partial charge in [0.05, 0.1) is 0 Å². The van der Waals surface area contributed by atoms with Gasteiger partial charge in [-0.05, 0) is 44.4 Å². The van der Waals surface area contributed by atoms with Crippen LogP contribution in [0.2, 0.25) is 0 Å². The third kappa shape index (κ3) is 7.64. The van der Waals surface area contributed by atoms with Crippen LogP contribution in [0.1, 0.15) is 32.8 Å². The fourth-order valence-corrected chi connectivity index (χ4v) is 1.53. The van der Waals surface area contributed by atoms with Crippen molar-refractivity contribution >= 4 is 17.9 Å². The Bertz CT molecular complexity index is 555. The maximum Gasteiger partial charge on any atom is 0.407 e. The number of hydrogen-bond donors (Lipinski definition) is 1. The normalized spacial score (nSPS) is 11.0. The summed E-state index contributed by atoms with van der Waals surface area (Å²) in [5.74, 6) is 0. The molecule has 1 N–H and O–H groups in total. The molecule has 21 heavy (non-hydrogen) atoms. The summed E-state index contributed by atoms with van der Waals surface area (Å²) >= 11 is 0. The lowest BCUT2D eigenvalue weighted by Gasteiger charge is -2.19. The van der Waals surface area contributed by atoms with Crippen LogP contribution in [0.5, 0.6) is 0 Å². The van der Waals surface area contributed by atoms with Crippen LogP contribution in [0.3, 0.4) is 0 Å². The average molecular weight is 288 g/mol. The first-order valence-electron chi connectivity index (χ1n) is 6.69. The van der Waals surface area contributed by atoms with E-state index in [1.807, 2.05) is 45.1 Å². The van der Waals surface area contributed by atoms with Crippen molar-refractivity contribution in [3.8, 4) is 0 Å². The van der Waals surface area contributed by atoms with Gasteiger partial charge in [0.1, 0.15) is 5.60 Å². The fourth-order valence-electron chi connectivity index (χ4n) is 1.53. The smallest absolute Gasteiger partial charge is 0.407 e. The molecule has 0 unspecified atom stereocenters. The van der Waals surface area contributed by atoms with E-state index in [9.17, 15) is 4.79 Å². The Kier molecular flexibility index (Phi) is 6.30. The number of rotatable bonds is 5. The molecule has 0 saturated heterocycles. The first kappa shape index (κ1) is 16.6. The van der Waals surface area contributed by atoms with E-state index in [0.29, 0.717) is 18.7 Å². The summed E-state index contributed by atoms with van der Waals surface area (Å²) in [6.45, 7) is 5.97. The molecule has 0 aliphatic rings. The predicted octanol–water partition coefficient (Wildman–Crippen LogP) is 4.56. The maximum absolute atomic E-state index is 11.4. The van der Waals surface area contributed by atoms with E-state index < -0.39 is 11.7 Å². The fraction of sp³-hybridized carbons (Fsp3) is 0.400. The Morgan fingerprint density at radius 2 is 2.24 bits per heavy atom. The molecule has 1 aromatic rings. The molecule has 112 valence electrons. The van der Waals surface area contributed by atoms with Crippen LogP contribution in [0.15, 0.2) is 35.5 Å². The topological polar surface area (TPSA) is 87.1 Å². The Hall–Kier alpha value is -2.46. The molecule has 0 radical (unpaired) electrons. The summed E-state index contributed by atoms with van der Waals surface area (Å²) in [6.07, 6.45) is 4.12. The third-order valence-corrected chi connectivity index (χ3v) is 2.32. The number of azide groups is 1. The highest BCUT2D eigenvalue weighted by molar-refractivity contribution is 5.67. The molecule has 0 heterocycles. The van der Waals surface area contributed by atoms with Crippen LogP contribution in [-0.2, 0) is 4.74 Å². The number of carbonyl (C=O) groups is 1. The number of ether oxygens (including phenoxy) is 1. The zero-order valence-electron chi connectivity index (χ0n) is 12.5. The highest BCUT2D eigenvalue weighted by Crippen LogP contribution is 2.15. The molecular weight excluding hydrogens is 268 g/mol. The van der Waals surface area contributed by atoms with Gasteiger partial charge in [-0.3, -0.25) is 0 Å². The van der Waals surface area contributed by atoms with Crippen molar-refractivity contribution in [1.29, 1.82) is 0 Å². The molecule has 0 spiro atoms. The number of nitrogens with one attached hydrogen (secondary N) is 1. The molecule has 0 atom stereocenters. The molecule has 1 aromatic carbocycles. The summed E-state index contributed by atoms with van der Waals surface area (Å²) in [5, 5.41) is 6.22. The van der Waals surface area contributed by atoms with Crippen LogP contribution in [0.4, 0.5) is 10.5 Å². The van der Waals surface area contributed by atoms with Crippen molar-refractivity contribution < 1.29 is 9.53 Å². The van der Waals surface area contributed by atoms with Gasteiger partial charge >= 0.3 is 6.09 Å². The van der Waals surface area contributed by atoms with Gasteiger partial charge in [-0.1, -0.05) is 35.5 Å². The molecule has 0 aliphatic heterocycles. The van der Waals surface area contributed by atoms with Gasteiger partial charge in [-0.15, -0.1) is 0 Å². The van der Waals surface area contributed by atoms with Gasteiger partial charge in [0.25, 0.3) is 0 Å². The Balaban J connectivity index is 2.37. The van der Waals surface area contributed by atoms with Crippen LogP contribution < -0.4 is 5.32 Å². The predicted molar refractivity (Wildman–Crippen MR) is 83.1 cm³/mol. The van der Waals surface area contributed by atoms with Gasteiger partial charge < -0.3 is 10.1 Å². The Morgan fingerprint density at radius 3 is 2.90 bits per heavy atom. The van der Waals surface area contributed by atoms with Gasteiger partial charge in [0.2, 0.25) is 0 Å². The van der Waals surface area contributed by atoms with Gasteiger partial charge in [0, 0.05) is 17.1 Å². The highest BCUT2D eigenvalue weighted by atomic mass is 16.6. The second kappa shape index (κ2) is 7.97. The van der Waals surface area contributed by atoms with Crippen molar-refractivity contribution in [2.45, 2.75) is 32.8 Å². The second-order valence-corrected chi connectivity index (χ2v) is 5.40. The van der Waals surface area contributed by atoms with Crippen LogP contribution in [0.25, 0.3) is 16.5 Å². The number of nitrogens with zero attached hydrogens (tertiary/aromatic N) is 3. The molecule has 0 bridgehead atoms. The largest absolute Gasteiger partial charge is 0.444 e. The number of hydrogen-bond acceptors (Lipinski definition) is 3.